The molecule has 0 unspecified atom stereocenters. The maximum absolute atomic E-state index is 3.85. The van der Waals surface area contributed by atoms with Crippen LogP contribution in [0.3, 0.4) is 0 Å². The van der Waals surface area contributed by atoms with E-state index < -0.39 is 0 Å². The monoisotopic (exact) mass is 207 g/mol. The van der Waals surface area contributed by atoms with Crippen LogP contribution < -0.4 is 0 Å². The van der Waals surface area contributed by atoms with Gasteiger partial charge >= 0.3 is 0 Å². The van der Waals surface area contributed by atoms with Crippen molar-refractivity contribution in [2.24, 2.45) is 5.92 Å². The van der Waals surface area contributed by atoms with Crippen molar-refractivity contribution in [2.75, 3.05) is 0 Å². The molecule has 0 rings (SSSR count). The second kappa shape index (κ2) is 11.6. The van der Waals surface area contributed by atoms with Gasteiger partial charge in [-0.15, -0.1) is 0 Å². The third-order valence-corrected chi connectivity index (χ3v) is 2.33. The zero-order valence-corrected chi connectivity index (χ0v) is 10.5. The first kappa shape index (κ1) is 14.5. The van der Waals surface area contributed by atoms with Gasteiger partial charge in [-0.1, -0.05) is 70.8 Å². The first-order valence-electron chi connectivity index (χ1n) is 6.38. The summed E-state index contributed by atoms with van der Waals surface area (Å²) in [5.74, 6) is 0.682. The van der Waals surface area contributed by atoms with Gasteiger partial charge in [0.15, 0.2) is 0 Å². The highest BCUT2D eigenvalue weighted by Crippen LogP contribution is 2.05. The lowest BCUT2D eigenvalue weighted by molar-refractivity contribution is 0.651. The van der Waals surface area contributed by atoms with E-state index in [1.807, 2.05) is 0 Å². The molecule has 0 atom stereocenters. The largest absolute Gasteiger partial charge is 0.0882 e. The Hall–Kier alpha value is -0.520. The minimum Gasteiger partial charge on any atom is -0.0882 e. The van der Waals surface area contributed by atoms with E-state index in [4.69, 9.17) is 0 Å². The molecule has 0 aromatic heterocycles. The van der Waals surface area contributed by atoms with Crippen molar-refractivity contribution in [3.63, 3.8) is 0 Å². The lowest BCUT2D eigenvalue weighted by Crippen LogP contribution is -1.77. The molecule has 0 aliphatic heterocycles. The molecule has 0 nitrogen and oxygen atoms in total. The standard InChI is InChI=1S/C15H27/c1-4-5-6-7-8-9-10-11-12-13-14-15(2)3/h10-11,13-15H,1,4-9,12H2,2-3H3. The average Bonchev–Trinajstić information content (AvgIpc) is 2.20. The Morgan fingerprint density at radius 1 is 0.933 bits per heavy atom. The molecule has 0 N–H and O–H groups in total. The highest BCUT2D eigenvalue weighted by atomic mass is 13.9. The van der Waals surface area contributed by atoms with Crippen LogP contribution in [0.15, 0.2) is 24.3 Å². The van der Waals surface area contributed by atoms with Gasteiger partial charge in [-0.05, 0) is 25.2 Å². The molecule has 0 aromatic rings. The molecule has 0 spiro atoms. The lowest BCUT2D eigenvalue weighted by atomic mass is 10.1. The van der Waals surface area contributed by atoms with Crippen LogP contribution in [-0.4, -0.2) is 0 Å². The smallest absolute Gasteiger partial charge is 0.0169 e. The van der Waals surface area contributed by atoms with Gasteiger partial charge in [0.05, 0.1) is 0 Å². The zero-order chi connectivity index (χ0) is 11.4. The van der Waals surface area contributed by atoms with Crippen LogP contribution in [0.2, 0.25) is 0 Å². The van der Waals surface area contributed by atoms with Gasteiger partial charge < -0.3 is 0 Å². The van der Waals surface area contributed by atoms with Crippen molar-refractivity contribution >= 4 is 0 Å². The summed E-state index contributed by atoms with van der Waals surface area (Å²) in [6, 6.07) is 0. The molecule has 0 aliphatic carbocycles. The summed E-state index contributed by atoms with van der Waals surface area (Å²) in [4.78, 5) is 0. The number of unbranched alkanes of at least 4 members (excludes halogenated alkanes) is 5. The van der Waals surface area contributed by atoms with E-state index >= 15 is 0 Å². The Labute approximate surface area is 96.5 Å². The van der Waals surface area contributed by atoms with Gasteiger partial charge in [0.2, 0.25) is 0 Å². The van der Waals surface area contributed by atoms with Gasteiger partial charge in [-0.25, -0.2) is 0 Å². The van der Waals surface area contributed by atoms with Crippen LogP contribution in [0.4, 0.5) is 0 Å². The molecule has 0 bridgehead atoms. The quantitative estimate of drug-likeness (QED) is 0.354. The zero-order valence-electron chi connectivity index (χ0n) is 10.5. The minimum atomic E-state index is 0.682. The molecule has 0 aromatic carbocycles. The Bertz CT molecular complexity index is 163. The topological polar surface area (TPSA) is 0 Å². The molecule has 0 fully saturated rings. The van der Waals surface area contributed by atoms with Crippen LogP contribution in [0.1, 0.15) is 58.8 Å². The molecule has 0 saturated carbocycles. The van der Waals surface area contributed by atoms with E-state index in [2.05, 4.69) is 45.1 Å². The summed E-state index contributed by atoms with van der Waals surface area (Å²) >= 11 is 0. The van der Waals surface area contributed by atoms with Crippen LogP contribution in [-0.2, 0) is 0 Å². The van der Waals surface area contributed by atoms with Gasteiger partial charge in [0.1, 0.15) is 0 Å². The fraction of sp³-hybridized carbons (Fsp3) is 0.667. The predicted octanol–water partition coefficient (Wildman–Crippen LogP) is 5.32. The second-order valence-electron chi connectivity index (χ2n) is 4.44. The molecule has 0 aliphatic rings. The summed E-state index contributed by atoms with van der Waals surface area (Å²) in [6.07, 6.45) is 17.9. The average molecular weight is 207 g/mol. The first-order valence-corrected chi connectivity index (χ1v) is 6.38. The fourth-order valence-corrected chi connectivity index (χ4v) is 1.44. The number of rotatable bonds is 9. The molecule has 87 valence electrons. The third kappa shape index (κ3) is 13.5. The van der Waals surface area contributed by atoms with Gasteiger partial charge in [0, 0.05) is 0 Å². The summed E-state index contributed by atoms with van der Waals surface area (Å²) in [7, 11) is 0. The number of hydrogen-bond donors (Lipinski definition) is 0. The van der Waals surface area contributed by atoms with Crippen LogP contribution in [0.5, 0.6) is 0 Å². The number of allylic oxidation sites excluding steroid dienone is 4. The molecule has 0 heteroatoms. The van der Waals surface area contributed by atoms with Gasteiger partial charge in [-0.3, -0.25) is 0 Å². The van der Waals surface area contributed by atoms with Crippen molar-refractivity contribution in [1.82, 2.24) is 0 Å². The van der Waals surface area contributed by atoms with Gasteiger partial charge in [0.25, 0.3) is 0 Å². The predicted molar refractivity (Wildman–Crippen MR) is 70.8 cm³/mol. The second-order valence-corrected chi connectivity index (χ2v) is 4.44. The molecule has 0 heterocycles. The summed E-state index contributed by atoms with van der Waals surface area (Å²) in [5, 5.41) is 0. The van der Waals surface area contributed by atoms with Crippen LogP contribution >= 0.6 is 0 Å². The molecule has 0 saturated heterocycles. The SMILES string of the molecule is [CH2]CCCCCCC=CCC=CC(C)C. The third-order valence-electron chi connectivity index (χ3n) is 2.33. The summed E-state index contributed by atoms with van der Waals surface area (Å²) in [5.41, 5.74) is 0. The highest BCUT2D eigenvalue weighted by Gasteiger charge is 1.86. The van der Waals surface area contributed by atoms with Crippen molar-refractivity contribution in [1.29, 1.82) is 0 Å². The van der Waals surface area contributed by atoms with E-state index in [1.54, 1.807) is 0 Å². The van der Waals surface area contributed by atoms with E-state index in [0.29, 0.717) is 5.92 Å². The minimum absolute atomic E-state index is 0.682. The molecule has 15 heavy (non-hydrogen) atoms. The van der Waals surface area contributed by atoms with Crippen molar-refractivity contribution in [3.05, 3.63) is 31.2 Å². The Balaban J connectivity index is 3.17. The lowest BCUT2D eigenvalue weighted by Gasteiger charge is -1.95. The Morgan fingerprint density at radius 3 is 2.33 bits per heavy atom. The summed E-state index contributed by atoms with van der Waals surface area (Å²) < 4.78 is 0. The van der Waals surface area contributed by atoms with Crippen LogP contribution in [0, 0.1) is 12.8 Å². The molecule has 0 amide bonds. The highest BCUT2D eigenvalue weighted by molar-refractivity contribution is 4.93. The Morgan fingerprint density at radius 2 is 1.67 bits per heavy atom. The van der Waals surface area contributed by atoms with Crippen LogP contribution in [0.25, 0.3) is 0 Å². The van der Waals surface area contributed by atoms with Gasteiger partial charge in [-0.2, -0.15) is 0 Å². The van der Waals surface area contributed by atoms with Crippen molar-refractivity contribution < 1.29 is 0 Å². The summed E-state index contributed by atoms with van der Waals surface area (Å²) in [6.45, 7) is 8.27. The molecule has 1 radical (unpaired) electrons. The molecular formula is C15H27. The maximum atomic E-state index is 3.85. The first-order chi connectivity index (χ1) is 7.27. The van der Waals surface area contributed by atoms with Crippen molar-refractivity contribution in [3.8, 4) is 0 Å². The van der Waals surface area contributed by atoms with E-state index in [9.17, 15) is 0 Å². The van der Waals surface area contributed by atoms with Crippen molar-refractivity contribution in [2.45, 2.75) is 58.8 Å². The van der Waals surface area contributed by atoms with E-state index in [-0.39, 0.29) is 0 Å². The number of hydrogen-bond acceptors (Lipinski definition) is 0. The Kier molecular flexibility index (Phi) is 11.2. The maximum Gasteiger partial charge on any atom is -0.0169 e. The normalized spacial score (nSPS) is 12.3. The van der Waals surface area contributed by atoms with E-state index in [0.717, 1.165) is 12.8 Å². The fourth-order valence-electron chi connectivity index (χ4n) is 1.44. The van der Waals surface area contributed by atoms with E-state index in [1.165, 1.54) is 32.1 Å². The molecular weight excluding hydrogens is 180 g/mol.